The van der Waals surface area contributed by atoms with Crippen LogP contribution in [0.15, 0.2) is 30.3 Å². The third kappa shape index (κ3) is 4.43. The van der Waals surface area contributed by atoms with E-state index in [0.717, 1.165) is 24.4 Å². The summed E-state index contributed by atoms with van der Waals surface area (Å²) in [6.07, 6.45) is 2.06. The molecule has 0 heterocycles. The molecule has 0 bridgehead atoms. The number of allylic oxidation sites excluding steroid dienone is 2. The molecule has 0 N–H and O–H groups in total. The summed E-state index contributed by atoms with van der Waals surface area (Å²) in [6, 6.07) is 7.82. The summed E-state index contributed by atoms with van der Waals surface area (Å²) in [7, 11) is 0. The Kier molecular flexibility index (Phi) is 6.13. The fraction of sp³-hybridized carbons (Fsp3) is 0.438. The van der Waals surface area contributed by atoms with Gasteiger partial charge in [-0.2, -0.15) is 0 Å². The van der Waals surface area contributed by atoms with Crippen molar-refractivity contribution in [3.8, 4) is 5.75 Å². The van der Waals surface area contributed by atoms with Crippen LogP contribution in [0.25, 0.3) is 5.57 Å². The van der Waals surface area contributed by atoms with Gasteiger partial charge in [0.15, 0.2) is 6.61 Å². The molecule has 104 valence electrons. The van der Waals surface area contributed by atoms with Gasteiger partial charge in [-0.05, 0) is 51.0 Å². The van der Waals surface area contributed by atoms with E-state index in [-0.39, 0.29) is 12.5 Å². The molecule has 0 aliphatic rings. The minimum Gasteiger partial charge on any atom is -0.484 e. The van der Waals surface area contributed by atoms with Gasteiger partial charge in [-0.15, -0.1) is 0 Å². The number of likely N-dealkylation sites (N-methyl/N-ethyl adjacent to an activating group) is 1. The maximum atomic E-state index is 11.8. The highest BCUT2D eigenvalue weighted by Gasteiger charge is 2.10. The molecule has 19 heavy (non-hydrogen) atoms. The van der Waals surface area contributed by atoms with E-state index in [4.69, 9.17) is 4.74 Å². The first-order valence-electron chi connectivity index (χ1n) is 6.76. The summed E-state index contributed by atoms with van der Waals surface area (Å²) in [5.41, 5.74) is 2.32. The first kappa shape index (κ1) is 15.3. The lowest BCUT2D eigenvalue weighted by atomic mass is 10.1. The molecule has 0 atom stereocenters. The number of carbonyl (C=O) groups is 1. The summed E-state index contributed by atoms with van der Waals surface area (Å²) in [6.45, 7) is 9.54. The first-order chi connectivity index (χ1) is 9.12. The van der Waals surface area contributed by atoms with Gasteiger partial charge in [0.05, 0.1) is 0 Å². The van der Waals surface area contributed by atoms with E-state index in [9.17, 15) is 4.79 Å². The Morgan fingerprint density at radius 3 is 2.58 bits per heavy atom. The van der Waals surface area contributed by atoms with E-state index in [2.05, 4.69) is 13.0 Å². The molecule has 0 aliphatic heterocycles. The molecule has 0 aromatic heterocycles. The highest BCUT2D eigenvalue weighted by Crippen LogP contribution is 2.19. The van der Waals surface area contributed by atoms with Crippen LogP contribution in [0.3, 0.4) is 0 Å². The Morgan fingerprint density at radius 1 is 1.32 bits per heavy atom. The average molecular weight is 261 g/mol. The molecular formula is C16H23NO2. The zero-order valence-corrected chi connectivity index (χ0v) is 12.3. The second-order valence-electron chi connectivity index (χ2n) is 4.35. The molecule has 3 heteroatoms. The predicted molar refractivity (Wildman–Crippen MR) is 79.2 cm³/mol. The van der Waals surface area contributed by atoms with E-state index in [0.29, 0.717) is 0 Å². The van der Waals surface area contributed by atoms with E-state index in [1.54, 1.807) is 4.90 Å². The van der Waals surface area contributed by atoms with Crippen molar-refractivity contribution in [1.29, 1.82) is 0 Å². The number of benzene rings is 1. The Balaban J connectivity index is 2.66. The molecule has 1 amide bonds. The fourth-order valence-corrected chi connectivity index (χ4v) is 1.81. The average Bonchev–Trinajstić information content (AvgIpc) is 2.45. The van der Waals surface area contributed by atoms with Crippen LogP contribution in [0, 0.1) is 0 Å². The van der Waals surface area contributed by atoms with E-state index in [1.807, 2.05) is 45.0 Å². The van der Waals surface area contributed by atoms with Crippen LogP contribution < -0.4 is 4.74 Å². The molecule has 0 aliphatic carbocycles. The molecule has 0 saturated carbocycles. The van der Waals surface area contributed by atoms with E-state index < -0.39 is 0 Å². The molecular weight excluding hydrogens is 238 g/mol. The number of carbonyl (C=O) groups excluding carboxylic acids is 1. The maximum Gasteiger partial charge on any atom is 0.260 e. The van der Waals surface area contributed by atoms with Crippen molar-refractivity contribution >= 4 is 11.5 Å². The Hall–Kier alpha value is -1.77. The van der Waals surface area contributed by atoms with Crippen molar-refractivity contribution in [2.45, 2.75) is 27.7 Å². The smallest absolute Gasteiger partial charge is 0.260 e. The monoisotopic (exact) mass is 261 g/mol. The Bertz CT molecular complexity index is 448. The molecule has 1 aromatic carbocycles. The number of nitrogens with zero attached hydrogens (tertiary/aromatic N) is 1. The lowest BCUT2D eigenvalue weighted by molar-refractivity contribution is -0.132. The van der Waals surface area contributed by atoms with Crippen LogP contribution in [0.1, 0.15) is 33.3 Å². The Labute approximate surface area is 115 Å². The molecule has 0 radical (unpaired) electrons. The number of amides is 1. The molecule has 1 rings (SSSR count). The largest absolute Gasteiger partial charge is 0.484 e. The van der Waals surface area contributed by atoms with Gasteiger partial charge in [0.1, 0.15) is 5.75 Å². The SMILES string of the molecule is C/C=C(/C)c1cccc(OCC(=O)N(CC)CC)c1. The molecule has 1 aromatic rings. The van der Waals surface area contributed by atoms with E-state index >= 15 is 0 Å². The topological polar surface area (TPSA) is 29.5 Å². The van der Waals surface area contributed by atoms with Crippen molar-refractivity contribution in [2.75, 3.05) is 19.7 Å². The van der Waals surface area contributed by atoms with Crippen LogP contribution in [-0.4, -0.2) is 30.5 Å². The molecule has 3 nitrogen and oxygen atoms in total. The van der Waals surface area contributed by atoms with Gasteiger partial charge in [-0.1, -0.05) is 18.2 Å². The van der Waals surface area contributed by atoms with Gasteiger partial charge < -0.3 is 9.64 Å². The van der Waals surface area contributed by atoms with Crippen LogP contribution in [0.5, 0.6) is 5.75 Å². The van der Waals surface area contributed by atoms with Crippen molar-refractivity contribution in [3.63, 3.8) is 0 Å². The summed E-state index contributed by atoms with van der Waals surface area (Å²) < 4.78 is 5.57. The third-order valence-electron chi connectivity index (χ3n) is 3.20. The van der Waals surface area contributed by atoms with Crippen LogP contribution in [0.2, 0.25) is 0 Å². The van der Waals surface area contributed by atoms with Crippen molar-refractivity contribution < 1.29 is 9.53 Å². The summed E-state index contributed by atoms with van der Waals surface area (Å²) in [5.74, 6) is 0.761. The van der Waals surface area contributed by atoms with Crippen LogP contribution in [-0.2, 0) is 4.79 Å². The van der Waals surface area contributed by atoms with Gasteiger partial charge in [0.2, 0.25) is 0 Å². The van der Waals surface area contributed by atoms with Gasteiger partial charge in [0, 0.05) is 13.1 Å². The lowest BCUT2D eigenvalue weighted by Crippen LogP contribution is -2.34. The van der Waals surface area contributed by atoms with Crippen LogP contribution in [0.4, 0.5) is 0 Å². The number of ether oxygens (including phenoxy) is 1. The van der Waals surface area contributed by atoms with E-state index in [1.165, 1.54) is 5.57 Å². The maximum absolute atomic E-state index is 11.8. The van der Waals surface area contributed by atoms with Crippen LogP contribution >= 0.6 is 0 Å². The van der Waals surface area contributed by atoms with Gasteiger partial charge >= 0.3 is 0 Å². The highest BCUT2D eigenvalue weighted by molar-refractivity contribution is 5.77. The first-order valence-corrected chi connectivity index (χ1v) is 6.76. The molecule has 0 unspecified atom stereocenters. The highest BCUT2D eigenvalue weighted by atomic mass is 16.5. The van der Waals surface area contributed by atoms with Crippen molar-refractivity contribution in [3.05, 3.63) is 35.9 Å². The minimum absolute atomic E-state index is 0.0261. The normalized spacial score (nSPS) is 11.3. The second kappa shape index (κ2) is 7.62. The predicted octanol–water partition coefficient (Wildman–Crippen LogP) is 3.36. The second-order valence-corrected chi connectivity index (χ2v) is 4.35. The zero-order valence-electron chi connectivity index (χ0n) is 12.3. The molecule has 0 spiro atoms. The number of rotatable bonds is 6. The molecule has 0 fully saturated rings. The van der Waals surface area contributed by atoms with Gasteiger partial charge in [0.25, 0.3) is 5.91 Å². The third-order valence-corrected chi connectivity index (χ3v) is 3.20. The van der Waals surface area contributed by atoms with Gasteiger partial charge in [-0.25, -0.2) is 0 Å². The number of hydrogen-bond donors (Lipinski definition) is 0. The van der Waals surface area contributed by atoms with Gasteiger partial charge in [-0.3, -0.25) is 4.79 Å². The standard InChI is InChI=1S/C16H23NO2/c1-5-13(4)14-9-8-10-15(11-14)19-12-16(18)17(6-2)7-3/h5,8-11H,6-7,12H2,1-4H3/b13-5-. The minimum atomic E-state index is 0.0261. The van der Waals surface area contributed by atoms with Crippen molar-refractivity contribution in [2.24, 2.45) is 0 Å². The summed E-state index contributed by atoms with van der Waals surface area (Å²) in [5, 5.41) is 0. The zero-order chi connectivity index (χ0) is 14.3. The molecule has 0 saturated heterocycles. The summed E-state index contributed by atoms with van der Waals surface area (Å²) >= 11 is 0. The number of hydrogen-bond acceptors (Lipinski definition) is 2. The summed E-state index contributed by atoms with van der Waals surface area (Å²) in [4.78, 5) is 13.6. The fourth-order valence-electron chi connectivity index (χ4n) is 1.81. The Morgan fingerprint density at radius 2 is 2.00 bits per heavy atom. The quantitative estimate of drug-likeness (QED) is 0.786. The lowest BCUT2D eigenvalue weighted by Gasteiger charge is -2.18. The van der Waals surface area contributed by atoms with Crippen molar-refractivity contribution in [1.82, 2.24) is 4.90 Å².